The monoisotopic (exact) mass is 442 g/mol. The van der Waals surface area contributed by atoms with E-state index in [9.17, 15) is 9.59 Å². The molecule has 0 unspecified atom stereocenters. The number of imide groups is 1. The molecule has 2 aliphatic rings. The Labute approximate surface area is 183 Å². The first kappa shape index (κ1) is 21.1. The molecule has 0 bridgehead atoms. The minimum Gasteiger partial charge on any atom is -0.475 e. The van der Waals surface area contributed by atoms with Gasteiger partial charge in [0.1, 0.15) is 6.61 Å². The Morgan fingerprint density at radius 3 is 2.65 bits per heavy atom. The lowest BCUT2D eigenvalue weighted by Crippen LogP contribution is -2.47. The summed E-state index contributed by atoms with van der Waals surface area (Å²) in [7, 11) is 1.60. The van der Waals surface area contributed by atoms with Crippen LogP contribution in [0.15, 0.2) is 35.5 Å². The normalized spacial score (nSPS) is 17.9. The van der Waals surface area contributed by atoms with Crippen molar-refractivity contribution in [3.8, 4) is 5.88 Å². The van der Waals surface area contributed by atoms with Gasteiger partial charge in [0.15, 0.2) is 0 Å². The van der Waals surface area contributed by atoms with E-state index in [1.807, 2.05) is 18.3 Å². The molecule has 2 fully saturated rings. The van der Waals surface area contributed by atoms with Gasteiger partial charge < -0.3 is 19.3 Å². The number of nitrogens with zero attached hydrogens (tertiary/aromatic N) is 5. The van der Waals surface area contributed by atoms with Gasteiger partial charge >= 0.3 is 0 Å². The summed E-state index contributed by atoms with van der Waals surface area (Å²) in [6, 6.07) is 5.61. The molecule has 0 saturated carbocycles. The molecule has 4 rings (SSSR count). The van der Waals surface area contributed by atoms with Crippen LogP contribution >= 0.6 is 11.8 Å². The highest BCUT2D eigenvalue weighted by Gasteiger charge is 2.26. The molecule has 2 aliphatic heterocycles. The second-order valence-electron chi connectivity index (χ2n) is 6.81. The molecular weight excluding hydrogens is 420 g/mol. The van der Waals surface area contributed by atoms with Crippen LogP contribution in [0.1, 0.15) is 5.69 Å². The van der Waals surface area contributed by atoms with Crippen molar-refractivity contribution in [3.05, 3.63) is 41.2 Å². The number of carbonyl (C=O) groups excluding carboxylic acids is 2. The fourth-order valence-electron chi connectivity index (χ4n) is 3.21. The number of ether oxygens (including phenoxy) is 2. The molecule has 2 aromatic heterocycles. The second kappa shape index (κ2) is 9.75. The molecule has 2 saturated heterocycles. The zero-order valence-electron chi connectivity index (χ0n) is 17.0. The molecule has 10 nitrogen and oxygen atoms in total. The van der Waals surface area contributed by atoms with E-state index in [1.165, 1.54) is 0 Å². The van der Waals surface area contributed by atoms with Crippen LogP contribution in [0.3, 0.4) is 0 Å². The third kappa shape index (κ3) is 5.30. The maximum Gasteiger partial charge on any atom is 0.290 e. The predicted octanol–water partition coefficient (Wildman–Crippen LogP) is 1.55. The minimum absolute atomic E-state index is 0.291. The van der Waals surface area contributed by atoms with Gasteiger partial charge in [-0.15, -0.1) is 0 Å². The average molecular weight is 443 g/mol. The van der Waals surface area contributed by atoms with Gasteiger partial charge in [-0.05, 0) is 30.0 Å². The van der Waals surface area contributed by atoms with E-state index in [1.54, 1.807) is 25.4 Å². The molecule has 0 aliphatic carbocycles. The quantitative estimate of drug-likeness (QED) is 0.501. The van der Waals surface area contributed by atoms with E-state index in [0.717, 1.165) is 43.6 Å². The number of aromatic nitrogens is 3. The molecule has 0 atom stereocenters. The Kier molecular flexibility index (Phi) is 6.63. The van der Waals surface area contributed by atoms with Gasteiger partial charge in [0.25, 0.3) is 11.1 Å². The third-order valence-electron chi connectivity index (χ3n) is 4.74. The zero-order valence-corrected chi connectivity index (χ0v) is 17.8. The Balaban J connectivity index is 1.53. The molecule has 1 N–H and O–H groups in total. The van der Waals surface area contributed by atoms with Gasteiger partial charge in [0, 0.05) is 45.6 Å². The molecule has 4 heterocycles. The molecule has 162 valence electrons. The van der Waals surface area contributed by atoms with Crippen molar-refractivity contribution >= 4 is 40.6 Å². The molecule has 0 aromatic carbocycles. The Bertz CT molecular complexity index is 979. The van der Waals surface area contributed by atoms with E-state index >= 15 is 0 Å². The first-order valence-electron chi connectivity index (χ1n) is 9.78. The fourth-order valence-corrected chi connectivity index (χ4v) is 3.88. The number of hydrogen-bond donors (Lipinski definition) is 1. The number of thioether (sulfide) groups is 1. The van der Waals surface area contributed by atoms with E-state index < -0.39 is 11.1 Å². The molecular formula is C20H22N6O4S. The number of hydrogen-bond acceptors (Lipinski definition) is 10. The van der Waals surface area contributed by atoms with Crippen LogP contribution in [-0.4, -0.2) is 72.6 Å². The lowest BCUT2D eigenvalue weighted by molar-refractivity contribution is -0.115. The van der Waals surface area contributed by atoms with E-state index in [4.69, 9.17) is 9.47 Å². The summed E-state index contributed by atoms with van der Waals surface area (Å²) >= 11 is 0.849. The van der Waals surface area contributed by atoms with Crippen molar-refractivity contribution in [2.75, 3.05) is 56.3 Å². The first-order valence-corrected chi connectivity index (χ1v) is 10.6. The van der Waals surface area contributed by atoms with Crippen molar-refractivity contribution < 1.29 is 19.1 Å². The van der Waals surface area contributed by atoms with Crippen molar-refractivity contribution in [1.29, 1.82) is 0 Å². The molecule has 0 spiro atoms. The molecule has 31 heavy (non-hydrogen) atoms. The van der Waals surface area contributed by atoms with Crippen LogP contribution in [-0.2, 0) is 9.53 Å². The summed E-state index contributed by atoms with van der Waals surface area (Å²) in [5.74, 6) is 0.475. The van der Waals surface area contributed by atoms with Gasteiger partial charge in [-0.25, -0.2) is 4.98 Å². The Morgan fingerprint density at radius 1 is 1.16 bits per heavy atom. The number of rotatable bonds is 7. The maximum absolute atomic E-state index is 11.9. The SMILES string of the molecule is COCCOc1cc(C=C2SC(=O)NC2=O)nc(N2CCN(c3cccnc3)CC2)n1. The second-order valence-corrected chi connectivity index (χ2v) is 7.82. The number of pyridine rings is 1. The number of nitrogens with one attached hydrogen (secondary N) is 1. The van der Waals surface area contributed by atoms with Crippen LogP contribution in [0.2, 0.25) is 0 Å². The lowest BCUT2D eigenvalue weighted by atomic mass is 10.3. The summed E-state index contributed by atoms with van der Waals surface area (Å²) in [4.78, 5) is 41.3. The van der Waals surface area contributed by atoms with Crippen LogP contribution in [0, 0.1) is 0 Å². The number of piperazine rings is 1. The number of carbonyl (C=O) groups is 2. The maximum atomic E-state index is 11.9. The Morgan fingerprint density at radius 2 is 1.97 bits per heavy atom. The van der Waals surface area contributed by atoms with E-state index in [-0.39, 0.29) is 0 Å². The fraction of sp³-hybridized carbons (Fsp3) is 0.350. The lowest BCUT2D eigenvalue weighted by Gasteiger charge is -2.36. The summed E-state index contributed by atoms with van der Waals surface area (Å²) < 4.78 is 10.7. The van der Waals surface area contributed by atoms with Crippen molar-refractivity contribution in [1.82, 2.24) is 20.3 Å². The van der Waals surface area contributed by atoms with Crippen molar-refractivity contribution in [3.63, 3.8) is 0 Å². The summed E-state index contributed by atoms with van der Waals surface area (Å²) in [6.45, 7) is 3.80. The summed E-state index contributed by atoms with van der Waals surface area (Å²) in [5, 5.41) is 1.85. The molecule has 2 aromatic rings. The van der Waals surface area contributed by atoms with E-state index in [0.29, 0.717) is 35.6 Å². The van der Waals surface area contributed by atoms with Crippen LogP contribution in [0.25, 0.3) is 6.08 Å². The minimum atomic E-state index is -0.429. The highest BCUT2D eigenvalue weighted by Crippen LogP contribution is 2.27. The van der Waals surface area contributed by atoms with Gasteiger partial charge in [-0.2, -0.15) is 4.98 Å². The number of anilines is 2. The zero-order chi connectivity index (χ0) is 21.6. The highest BCUT2D eigenvalue weighted by molar-refractivity contribution is 8.18. The predicted molar refractivity (Wildman–Crippen MR) is 117 cm³/mol. The third-order valence-corrected chi connectivity index (χ3v) is 5.55. The van der Waals surface area contributed by atoms with Gasteiger partial charge in [0.05, 0.1) is 29.1 Å². The first-order chi connectivity index (χ1) is 15.1. The summed E-state index contributed by atoms with van der Waals surface area (Å²) in [5.41, 5.74) is 1.58. The number of methoxy groups -OCH3 is 1. The van der Waals surface area contributed by atoms with Crippen LogP contribution < -0.4 is 19.9 Å². The highest BCUT2D eigenvalue weighted by atomic mass is 32.2. The van der Waals surface area contributed by atoms with E-state index in [2.05, 4.69) is 30.1 Å². The van der Waals surface area contributed by atoms with Crippen LogP contribution in [0.4, 0.5) is 16.4 Å². The standard InChI is InChI=1S/C20H22N6O4S/c1-29-9-10-30-17-12-14(11-16-18(27)24-20(28)31-16)22-19(23-17)26-7-5-25(6-8-26)15-3-2-4-21-13-15/h2-4,11-13H,5-10H2,1H3,(H,24,27,28). The van der Waals surface area contributed by atoms with Crippen molar-refractivity contribution in [2.24, 2.45) is 0 Å². The largest absolute Gasteiger partial charge is 0.475 e. The topological polar surface area (TPSA) is 110 Å². The Hall–Kier alpha value is -3.18. The smallest absolute Gasteiger partial charge is 0.290 e. The molecule has 0 radical (unpaired) electrons. The number of amides is 2. The van der Waals surface area contributed by atoms with Gasteiger partial charge in [-0.3, -0.25) is 19.9 Å². The summed E-state index contributed by atoms with van der Waals surface area (Å²) in [6.07, 6.45) is 5.19. The molecule has 2 amide bonds. The van der Waals surface area contributed by atoms with Crippen LogP contribution in [0.5, 0.6) is 5.88 Å². The average Bonchev–Trinajstić information content (AvgIpc) is 3.11. The molecule has 11 heteroatoms. The van der Waals surface area contributed by atoms with Crippen molar-refractivity contribution in [2.45, 2.75) is 0 Å². The van der Waals surface area contributed by atoms with Gasteiger partial charge in [0.2, 0.25) is 11.8 Å². The van der Waals surface area contributed by atoms with Gasteiger partial charge in [-0.1, -0.05) is 0 Å².